The highest BCUT2D eigenvalue weighted by Gasteiger charge is 2.21. The highest BCUT2D eigenvalue weighted by Crippen LogP contribution is 2.15. The lowest BCUT2D eigenvalue weighted by Crippen LogP contribution is -2.22. The van der Waals surface area contributed by atoms with Gasteiger partial charge in [-0.25, -0.2) is 0 Å². The molecule has 0 aromatic heterocycles. The first-order chi connectivity index (χ1) is 8.43. The van der Waals surface area contributed by atoms with Gasteiger partial charge in [-0.3, -0.25) is 4.55 Å². The van der Waals surface area contributed by atoms with Gasteiger partial charge in [0.05, 0.1) is 11.9 Å². The van der Waals surface area contributed by atoms with E-state index in [4.69, 9.17) is 9.29 Å². The van der Waals surface area contributed by atoms with Crippen LogP contribution in [0, 0.1) is 6.92 Å². The highest BCUT2D eigenvalue weighted by atomic mass is 32.2. The Morgan fingerprint density at radius 1 is 1.33 bits per heavy atom. The van der Waals surface area contributed by atoms with E-state index >= 15 is 0 Å². The summed E-state index contributed by atoms with van der Waals surface area (Å²) in [5.74, 6) is 0.723. The zero-order valence-corrected chi connectivity index (χ0v) is 11.6. The maximum atomic E-state index is 11.1. The van der Waals surface area contributed by atoms with Crippen LogP contribution >= 0.6 is 0 Å². The molecule has 1 rings (SSSR count). The molecule has 1 aromatic rings. The maximum absolute atomic E-state index is 11.1. The van der Waals surface area contributed by atoms with Crippen molar-refractivity contribution in [2.75, 3.05) is 6.61 Å². The third-order valence-corrected chi connectivity index (χ3v) is 4.04. The van der Waals surface area contributed by atoms with Crippen LogP contribution in [0.15, 0.2) is 24.3 Å². The monoisotopic (exact) mass is 272 g/mol. The van der Waals surface area contributed by atoms with E-state index in [0.29, 0.717) is 12.8 Å². The molecule has 102 valence electrons. The molecule has 0 amide bonds. The first-order valence-corrected chi connectivity index (χ1v) is 7.59. The number of aryl methyl sites for hydroxylation is 1. The van der Waals surface area contributed by atoms with Gasteiger partial charge < -0.3 is 4.74 Å². The summed E-state index contributed by atoms with van der Waals surface area (Å²) in [6.07, 6.45) is 1.48. The van der Waals surface area contributed by atoms with Gasteiger partial charge in [0.25, 0.3) is 10.1 Å². The first kappa shape index (κ1) is 15.0. The predicted octanol–water partition coefficient (Wildman–Crippen LogP) is 2.82. The van der Waals surface area contributed by atoms with E-state index in [1.165, 1.54) is 0 Å². The Morgan fingerprint density at radius 3 is 2.61 bits per heavy atom. The summed E-state index contributed by atoms with van der Waals surface area (Å²) in [4.78, 5) is 0. The van der Waals surface area contributed by atoms with E-state index in [0.717, 1.165) is 17.7 Å². The minimum absolute atomic E-state index is 0.286. The second-order valence-electron chi connectivity index (χ2n) is 4.38. The van der Waals surface area contributed by atoms with Crippen molar-refractivity contribution in [2.45, 2.75) is 38.4 Å². The Kier molecular flexibility index (Phi) is 5.62. The van der Waals surface area contributed by atoms with Gasteiger partial charge in [0, 0.05) is 6.42 Å². The molecule has 0 fully saturated rings. The molecule has 0 heterocycles. The van der Waals surface area contributed by atoms with Crippen molar-refractivity contribution in [1.82, 2.24) is 0 Å². The van der Waals surface area contributed by atoms with Crippen molar-refractivity contribution in [3.8, 4) is 5.75 Å². The summed E-state index contributed by atoms with van der Waals surface area (Å²) in [5, 5.41) is -0.729. The Morgan fingerprint density at radius 2 is 2.06 bits per heavy atom. The van der Waals surface area contributed by atoms with Crippen molar-refractivity contribution in [2.24, 2.45) is 0 Å². The van der Waals surface area contributed by atoms with E-state index < -0.39 is 15.4 Å². The third kappa shape index (κ3) is 5.06. The van der Waals surface area contributed by atoms with Crippen molar-refractivity contribution in [3.05, 3.63) is 29.8 Å². The molecule has 4 nitrogen and oxygen atoms in total. The molecule has 18 heavy (non-hydrogen) atoms. The first-order valence-electron chi connectivity index (χ1n) is 6.09. The minimum Gasteiger partial charge on any atom is -0.494 e. The SMILES string of the molecule is CCCC(CCOc1cccc(C)c1)S(=O)(=O)O. The summed E-state index contributed by atoms with van der Waals surface area (Å²) in [6.45, 7) is 4.14. The quantitative estimate of drug-likeness (QED) is 0.775. The van der Waals surface area contributed by atoms with Gasteiger partial charge >= 0.3 is 0 Å². The second kappa shape index (κ2) is 6.75. The van der Waals surface area contributed by atoms with E-state index in [1.54, 1.807) is 0 Å². The van der Waals surface area contributed by atoms with Gasteiger partial charge in [-0.2, -0.15) is 8.42 Å². The zero-order valence-electron chi connectivity index (χ0n) is 10.8. The molecule has 0 saturated carbocycles. The fourth-order valence-electron chi connectivity index (χ4n) is 1.78. The van der Waals surface area contributed by atoms with Crippen LogP contribution in [0.3, 0.4) is 0 Å². The van der Waals surface area contributed by atoms with Crippen molar-refractivity contribution >= 4 is 10.1 Å². The van der Waals surface area contributed by atoms with Crippen molar-refractivity contribution in [3.63, 3.8) is 0 Å². The van der Waals surface area contributed by atoms with Crippen LogP contribution in [0.4, 0.5) is 0 Å². The summed E-state index contributed by atoms with van der Waals surface area (Å²) >= 11 is 0. The minimum atomic E-state index is -3.97. The van der Waals surface area contributed by atoms with E-state index in [-0.39, 0.29) is 6.61 Å². The molecule has 0 spiro atoms. The summed E-state index contributed by atoms with van der Waals surface area (Å²) < 4.78 is 36.8. The van der Waals surface area contributed by atoms with Crippen LogP contribution in [-0.4, -0.2) is 24.8 Å². The molecule has 1 atom stereocenters. The Labute approximate surface area is 109 Å². The number of rotatable bonds is 7. The average Bonchev–Trinajstić information content (AvgIpc) is 2.27. The number of ether oxygens (including phenoxy) is 1. The highest BCUT2D eigenvalue weighted by molar-refractivity contribution is 7.86. The van der Waals surface area contributed by atoms with Crippen molar-refractivity contribution < 1.29 is 17.7 Å². The Bertz CT molecular complexity index is 468. The lowest BCUT2D eigenvalue weighted by Gasteiger charge is -2.13. The van der Waals surface area contributed by atoms with Gasteiger partial charge in [0.15, 0.2) is 0 Å². The summed E-state index contributed by atoms with van der Waals surface area (Å²) in [6, 6.07) is 7.57. The van der Waals surface area contributed by atoms with E-state index in [9.17, 15) is 8.42 Å². The summed E-state index contributed by atoms with van der Waals surface area (Å²) in [7, 11) is -3.97. The smallest absolute Gasteiger partial charge is 0.267 e. The molecule has 5 heteroatoms. The van der Waals surface area contributed by atoms with Crippen LogP contribution in [0.5, 0.6) is 5.75 Å². The molecule has 0 aliphatic rings. The number of benzene rings is 1. The van der Waals surface area contributed by atoms with Gasteiger partial charge in [-0.05, 0) is 31.0 Å². The molecule has 0 aliphatic heterocycles. The Hall–Kier alpha value is -1.07. The molecule has 0 bridgehead atoms. The van der Waals surface area contributed by atoms with Crippen LogP contribution in [-0.2, 0) is 10.1 Å². The maximum Gasteiger partial charge on any atom is 0.267 e. The van der Waals surface area contributed by atoms with Crippen molar-refractivity contribution in [1.29, 1.82) is 0 Å². The van der Waals surface area contributed by atoms with Gasteiger partial charge in [0.2, 0.25) is 0 Å². The zero-order chi connectivity index (χ0) is 13.6. The lowest BCUT2D eigenvalue weighted by molar-refractivity contribution is 0.301. The van der Waals surface area contributed by atoms with Gasteiger partial charge in [0.1, 0.15) is 5.75 Å². The molecular weight excluding hydrogens is 252 g/mol. The number of hydrogen-bond acceptors (Lipinski definition) is 3. The van der Waals surface area contributed by atoms with Gasteiger partial charge in [-0.15, -0.1) is 0 Å². The summed E-state index contributed by atoms with van der Waals surface area (Å²) in [5.41, 5.74) is 1.09. The largest absolute Gasteiger partial charge is 0.494 e. The predicted molar refractivity (Wildman–Crippen MR) is 71.5 cm³/mol. The van der Waals surface area contributed by atoms with Crippen LogP contribution < -0.4 is 4.74 Å². The van der Waals surface area contributed by atoms with E-state index in [2.05, 4.69) is 0 Å². The second-order valence-corrected chi connectivity index (χ2v) is 6.08. The molecule has 0 saturated heterocycles. The number of hydrogen-bond donors (Lipinski definition) is 1. The fraction of sp³-hybridized carbons (Fsp3) is 0.538. The molecule has 1 unspecified atom stereocenters. The topological polar surface area (TPSA) is 63.6 Å². The van der Waals surface area contributed by atoms with Gasteiger partial charge in [-0.1, -0.05) is 25.5 Å². The molecule has 0 radical (unpaired) electrons. The fourth-order valence-corrected chi connectivity index (χ4v) is 2.71. The Balaban J connectivity index is 2.49. The molecular formula is C13H20O4S. The van der Waals surface area contributed by atoms with Crippen LogP contribution in [0.25, 0.3) is 0 Å². The average molecular weight is 272 g/mol. The van der Waals surface area contributed by atoms with Crippen LogP contribution in [0.2, 0.25) is 0 Å². The normalized spacial score (nSPS) is 13.3. The third-order valence-electron chi connectivity index (χ3n) is 2.73. The van der Waals surface area contributed by atoms with Crippen LogP contribution in [0.1, 0.15) is 31.7 Å². The lowest BCUT2D eigenvalue weighted by atomic mass is 10.2. The molecule has 0 aliphatic carbocycles. The van der Waals surface area contributed by atoms with E-state index in [1.807, 2.05) is 38.1 Å². The molecule has 1 aromatic carbocycles. The molecule has 1 N–H and O–H groups in total. The standard InChI is InChI=1S/C13H20O4S/c1-3-5-13(18(14,15)16)8-9-17-12-7-4-6-11(2)10-12/h4,6-7,10,13H,3,5,8-9H2,1-2H3,(H,14,15,16).